The van der Waals surface area contributed by atoms with Crippen molar-refractivity contribution >= 4 is 28.5 Å². The Morgan fingerprint density at radius 3 is 2.51 bits per heavy atom. The third-order valence-electron chi connectivity index (χ3n) is 6.84. The van der Waals surface area contributed by atoms with Crippen LogP contribution in [0.4, 0.5) is 0 Å². The first-order chi connectivity index (χ1) is 16.9. The van der Waals surface area contributed by atoms with Gasteiger partial charge in [0, 0.05) is 32.0 Å². The van der Waals surface area contributed by atoms with Gasteiger partial charge in [-0.3, -0.25) is 14.4 Å². The molecule has 0 saturated carbocycles. The molecule has 1 aliphatic heterocycles. The lowest BCUT2D eigenvalue weighted by atomic mass is 10.00. The Balaban J connectivity index is 1.77. The summed E-state index contributed by atoms with van der Waals surface area (Å²) in [5.41, 5.74) is 6.36. The molecule has 0 spiro atoms. The quantitative estimate of drug-likeness (QED) is 0.388. The van der Waals surface area contributed by atoms with Crippen LogP contribution in [-0.2, 0) is 20.8 Å². The van der Waals surface area contributed by atoms with E-state index in [1.165, 1.54) is 0 Å². The standard InChI is InChI=1S/C27H38N4O4/c1-3-19(4-2)27(35)31-13-7-10-24(31)26(34)30-23(25(33)29-17-22(32)16-28)15-18-11-12-20-8-5-6-9-21(20)14-18/h5-6,8-9,11-12,14,19,22-24,32H,3-4,7,10,13,15-17,28H2,1-2H3,(H,29,33)(H,30,34)/t22?,23-,24?/m0/s1. The minimum atomic E-state index is -0.862. The normalized spacial score (nSPS) is 17.4. The molecule has 190 valence electrons. The molecule has 2 unspecified atom stereocenters. The van der Waals surface area contributed by atoms with E-state index in [0.29, 0.717) is 13.0 Å². The van der Waals surface area contributed by atoms with Gasteiger partial charge in [-0.25, -0.2) is 0 Å². The van der Waals surface area contributed by atoms with Gasteiger partial charge in [0.2, 0.25) is 17.7 Å². The van der Waals surface area contributed by atoms with Gasteiger partial charge in [0.15, 0.2) is 0 Å². The Bertz CT molecular complexity index is 1020. The van der Waals surface area contributed by atoms with E-state index in [0.717, 1.165) is 35.6 Å². The lowest BCUT2D eigenvalue weighted by Crippen LogP contribution is -2.55. The second-order valence-corrected chi connectivity index (χ2v) is 9.28. The van der Waals surface area contributed by atoms with Crippen molar-refractivity contribution in [1.82, 2.24) is 15.5 Å². The smallest absolute Gasteiger partial charge is 0.243 e. The van der Waals surface area contributed by atoms with Crippen molar-refractivity contribution in [1.29, 1.82) is 0 Å². The van der Waals surface area contributed by atoms with E-state index in [9.17, 15) is 19.5 Å². The molecular weight excluding hydrogens is 444 g/mol. The average molecular weight is 483 g/mol. The first-order valence-electron chi connectivity index (χ1n) is 12.6. The van der Waals surface area contributed by atoms with E-state index >= 15 is 0 Å². The fraction of sp³-hybridized carbons (Fsp3) is 0.519. The van der Waals surface area contributed by atoms with Crippen LogP contribution in [0.3, 0.4) is 0 Å². The molecule has 2 aromatic carbocycles. The van der Waals surface area contributed by atoms with Crippen LogP contribution in [0.25, 0.3) is 10.8 Å². The highest BCUT2D eigenvalue weighted by atomic mass is 16.3. The molecule has 0 aliphatic carbocycles. The molecule has 35 heavy (non-hydrogen) atoms. The summed E-state index contributed by atoms with van der Waals surface area (Å²) in [6, 6.07) is 12.5. The minimum Gasteiger partial charge on any atom is -0.390 e. The van der Waals surface area contributed by atoms with Gasteiger partial charge in [0.25, 0.3) is 0 Å². The van der Waals surface area contributed by atoms with Gasteiger partial charge < -0.3 is 26.4 Å². The molecule has 8 nitrogen and oxygen atoms in total. The molecule has 8 heteroatoms. The molecule has 0 radical (unpaired) electrons. The van der Waals surface area contributed by atoms with Crippen LogP contribution in [0.1, 0.15) is 45.1 Å². The summed E-state index contributed by atoms with van der Waals surface area (Å²) in [4.78, 5) is 41.0. The van der Waals surface area contributed by atoms with Crippen molar-refractivity contribution < 1.29 is 19.5 Å². The second-order valence-electron chi connectivity index (χ2n) is 9.28. The van der Waals surface area contributed by atoms with E-state index in [1.54, 1.807) is 4.90 Å². The Morgan fingerprint density at radius 1 is 1.11 bits per heavy atom. The summed E-state index contributed by atoms with van der Waals surface area (Å²) in [6.45, 7) is 4.55. The molecule has 1 aliphatic rings. The first kappa shape index (κ1) is 26.6. The molecule has 3 rings (SSSR count). The van der Waals surface area contributed by atoms with Gasteiger partial charge in [-0.2, -0.15) is 0 Å². The monoisotopic (exact) mass is 482 g/mol. The Labute approximate surface area is 207 Å². The summed E-state index contributed by atoms with van der Waals surface area (Å²) >= 11 is 0. The lowest BCUT2D eigenvalue weighted by Gasteiger charge is -2.29. The molecule has 3 amide bonds. The van der Waals surface area contributed by atoms with Crippen molar-refractivity contribution in [3.8, 4) is 0 Å². The number of fused-ring (bicyclic) bond motifs is 1. The summed E-state index contributed by atoms with van der Waals surface area (Å²) in [5.74, 6) is -0.802. The number of nitrogens with one attached hydrogen (secondary N) is 2. The number of benzene rings is 2. The maximum absolute atomic E-state index is 13.3. The van der Waals surface area contributed by atoms with Gasteiger partial charge in [-0.15, -0.1) is 0 Å². The van der Waals surface area contributed by atoms with Crippen LogP contribution in [0.15, 0.2) is 42.5 Å². The van der Waals surface area contributed by atoms with Crippen LogP contribution < -0.4 is 16.4 Å². The van der Waals surface area contributed by atoms with Crippen molar-refractivity contribution in [3.05, 3.63) is 48.0 Å². The summed E-state index contributed by atoms with van der Waals surface area (Å²) < 4.78 is 0. The number of carbonyl (C=O) groups is 3. The van der Waals surface area contributed by atoms with Crippen molar-refractivity contribution in [3.63, 3.8) is 0 Å². The SMILES string of the molecule is CCC(CC)C(=O)N1CCCC1C(=O)N[C@@H](Cc1ccc2ccccc2c1)C(=O)NCC(O)CN. The molecular formula is C27H38N4O4. The lowest BCUT2D eigenvalue weighted by molar-refractivity contribution is -0.142. The number of nitrogens with zero attached hydrogens (tertiary/aromatic N) is 1. The average Bonchev–Trinajstić information content (AvgIpc) is 3.37. The maximum Gasteiger partial charge on any atom is 0.243 e. The largest absolute Gasteiger partial charge is 0.390 e. The van der Waals surface area contributed by atoms with Crippen LogP contribution in [0.2, 0.25) is 0 Å². The van der Waals surface area contributed by atoms with Gasteiger partial charge in [0.05, 0.1) is 6.10 Å². The Hall–Kier alpha value is -2.97. The third kappa shape index (κ3) is 6.80. The fourth-order valence-electron chi connectivity index (χ4n) is 4.68. The van der Waals surface area contributed by atoms with Gasteiger partial charge >= 0.3 is 0 Å². The van der Waals surface area contributed by atoms with Crippen LogP contribution in [0, 0.1) is 5.92 Å². The van der Waals surface area contributed by atoms with Gasteiger partial charge in [-0.1, -0.05) is 56.3 Å². The van der Waals surface area contributed by atoms with E-state index in [4.69, 9.17) is 5.73 Å². The summed E-state index contributed by atoms with van der Waals surface area (Å²) in [5, 5.41) is 17.5. The maximum atomic E-state index is 13.3. The Morgan fingerprint density at radius 2 is 1.83 bits per heavy atom. The summed E-state index contributed by atoms with van der Waals surface area (Å²) in [7, 11) is 0. The number of nitrogens with two attached hydrogens (primary N) is 1. The number of rotatable bonds is 11. The van der Waals surface area contributed by atoms with Crippen LogP contribution in [0.5, 0.6) is 0 Å². The van der Waals surface area contributed by atoms with Gasteiger partial charge in [0.1, 0.15) is 12.1 Å². The van der Waals surface area contributed by atoms with E-state index in [2.05, 4.69) is 10.6 Å². The molecule has 3 atom stereocenters. The number of hydrogen-bond acceptors (Lipinski definition) is 5. The number of aliphatic hydroxyl groups is 1. The molecule has 5 N–H and O–H groups in total. The fourth-order valence-corrected chi connectivity index (χ4v) is 4.68. The van der Waals surface area contributed by atoms with E-state index < -0.39 is 24.1 Å². The zero-order chi connectivity index (χ0) is 25.4. The molecule has 0 aromatic heterocycles. The van der Waals surface area contributed by atoms with Crippen molar-refractivity contribution in [2.75, 3.05) is 19.6 Å². The zero-order valence-electron chi connectivity index (χ0n) is 20.7. The highest BCUT2D eigenvalue weighted by molar-refractivity contribution is 5.93. The molecule has 2 aromatic rings. The first-order valence-corrected chi connectivity index (χ1v) is 12.6. The van der Waals surface area contributed by atoms with Crippen molar-refractivity contribution in [2.45, 2.75) is 64.1 Å². The number of hydrogen-bond donors (Lipinski definition) is 4. The van der Waals surface area contributed by atoms with Crippen molar-refractivity contribution in [2.24, 2.45) is 11.7 Å². The predicted molar refractivity (Wildman–Crippen MR) is 136 cm³/mol. The molecule has 0 bridgehead atoms. The zero-order valence-corrected chi connectivity index (χ0v) is 20.7. The topological polar surface area (TPSA) is 125 Å². The summed E-state index contributed by atoms with van der Waals surface area (Å²) in [6.07, 6.45) is 2.22. The predicted octanol–water partition coefficient (Wildman–Crippen LogP) is 1.73. The number of amides is 3. The third-order valence-corrected chi connectivity index (χ3v) is 6.84. The highest BCUT2D eigenvalue weighted by Crippen LogP contribution is 2.23. The van der Waals surface area contributed by atoms with Gasteiger partial charge in [-0.05, 0) is 42.0 Å². The number of aliphatic hydroxyl groups excluding tert-OH is 1. The van der Waals surface area contributed by atoms with E-state index in [-0.39, 0.29) is 37.2 Å². The van der Waals surface area contributed by atoms with E-state index in [1.807, 2.05) is 56.3 Å². The Kier molecular flexibility index (Phi) is 9.63. The molecule has 1 fully saturated rings. The number of carbonyl (C=O) groups excluding carboxylic acids is 3. The van der Waals surface area contributed by atoms with Crippen LogP contribution >= 0.6 is 0 Å². The van der Waals surface area contributed by atoms with Crippen LogP contribution in [-0.4, -0.2) is 65.5 Å². The second kappa shape index (κ2) is 12.7. The highest BCUT2D eigenvalue weighted by Gasteiger charge is 2.37. The molecule has 1 heterocycles. The molecule has 1 saturated heterocycles. The minimum absolute atomic E-state index is 0.00213. The number of likely N-dealkylation sites (tertiary alicyclic amines) is 1.